The zero-order valence-electron chi connectivity index (χ0n) is 19.8. The Hall–Kier alpha value is -2.70. The van der Waals surface area contributed by atoms with Crippen LogP contribution in [0.15, 0.2) is 54.6 Å². The number of aliphatic hydroxyl groups excluding tert-OH is 1. The molecule has 33 heavy (non-hydrogen) atoms. The van der Waals surface area contributed by atoms with Gasteiger partial charge in [-0.1, -0.05) is 69.3 Å². The molecular formula is C27H36N2O4. The molecule has 4 N–H and O–H groups in total. The number of aliphatic carboxylic acids is 1. The van der Waals surface area contributed by atoms with E-state index in [9.17, 15) is 14.7 Å². The van der Waals surface area contributed by atoms with Crippen molar-refractivity contribution in [1.82, 2.24) is 0 Å². The van der Waals surface area contributed by atoms with E-state index in [4.69, 9.17) is 10.8 Å². The summed E-state index contributed by atoms with van der Waals surface area (Å²) in [6.07, 6.45) is 0.774. The van der Waals surface area contributed by atoms with Crippen LogP contribution in [0.4, 0.5) is 5.69 Å². The van der Waals surface area contributed by atoms with Gasteiger partial charge in [0.05, 0.1) is 12.0 Å². The number of anilines is 1. The summed E-state index contributed by atoms with van der Waals surface area (Å²) in [5.74, 6) is -1.36. The largest absolute Gasteiger partial charge is 0.481 e. The number of carboxylic acid groups (broad SMARTS) is 1. The highest BCUT2D eigenvalue weighted by Crippen LogP contribution is 2.37. The Bertz CT molecular complexity index is 960. The van der Waals surface area contributed by atoms with Gasteiger partial charge in [0.1, 0.15) is 0 Å². The first kappa shape index (κ1) is 24.9. The standard InChI is InChI=1S/C27H36N2O4/c1-18(26(32)33)13-24(30)22(28)15-27(2,3)16-25(31)29-17-21(19-9-5-4-6-10-19)14-20-11-7-8-12-23(20)29/h4-12,18,21-22,24,30H,13-17,28H2,1-3H3,(H,32,33)/t18-,21+,22+,24+/m1/s1. The molecule has 0 fully saturated rings. The Kier molecular flexibility index (Phi) is 7.92. The first-order valence-electron chi connectivity index (χ1n) is 11.7. The molecule has 178 valence electrons. The Morgan fingerprint density at radius 2 is 1.76 bits per heavy atom. The summed E-state index contributed by atoms with van der Waals surface area (Å²) in [6.45, 7) is 6.13. The molecule has 0 aromatic heterocycles. The molecule has 0 saturated carbocycles. The monoisotopic (exact) mass is 452 g/mol. The van der Waals surface area contributed by atoms with Gasteiger partial charge in [0, 0.05) is 30.6 Å². The van der Waals surface area contributed by atoms with E-state index in [0.29, 0.717) is 13.0 Å². The Balaban J connectivity index is 1.71. The third kappa shape index (κ3) is 6.42. The molecule has 1 heterocycles. The quantitative estimate of drug-likeness (QED) is 0.534. The number of rotatable bonds is 9. The van der Waals surface area contributed by atoms with E-state index in [1.807, 2.05) is 55.1 Å². The maximum Gasteiger partial charge on any atom is 0.306 e. The molecule has 0 bridgehead atoms. The lowest BCUT2D eigenvalue weighted by Gasteiger charge is -2.37. The van der Waals surface area contributed by atoms with Gasteiger partial charge in [-0.05, 0) is 41.9 Å². The topological polar surface area (TPSA) is 104 Å². The minimum absolute atomic E-state index is 0.0358. The summed E-state index contributed by atoms with van der Waals surface area (Å²) in [5, 5.41) is 19.5. The average Bonchev–Trinajstić information content (AvgIpc) is 2.78. The fourth-order valence-corrected chi connectivity index (χ4v) is 4.77. The summed E-state index contributed by atoms with van der Waals surface area (Å²) in [6, 6.07) is 17.8. The minimum atomic E-state index is -0.951. The SMILES string of the molecule is C[C@H](C[C@H](O)[C@@H](N)CC(C)(C)CC(=O)N1C[C@@H](c2ccccc2)Cc2ccccc21)C(=O)O. The number of fused-ring (bicyclic) bond motifs is 1. The van der Waals surface area contributed by atoms with E-state index in [-0.39, 0.29) is 24.7 Å². The summed E-state index contributed by atoms with van der Waals surface area (Å²) < 4.78 is 0. The van der Waals surface area contributed by atoms with E-state index in [2.05, 4.69) is 18.2 Å². The van der Waals surface area contributed by atoms with Gasteiger partial charge in [-0.15, -0.1) is 0 Å². The molecule has 6 nitrogen and oxygen atoms in total. The van der Waals surface area contributed by atoms with Crippen LogP contribution >= 0.6 is 0 Å². The molecule has 4 atom stereocenters. The van der Waals surface area contributed by atoms with Gasteiger partial charge < -0.3 is 20.8 Å². The van der Waals surface area contributed by atoms with Crippen molar-refractivity contribution in [3.63, 3.8) is 0 Å². The summed E-state index contributed by atoms with van der Waals surface area (Å²) in [7, 11) is 0. The smallest absolute Gasteiger partial charge is 0.306 e. The lowest BCUT2D eigenvalue weighted by molar-refractivity contribution is -0.142. The number of amides is 1. The minimum Gasteiger partial charge on any atom is -0.481 e. The van der Waals surface area contributed by atoms with Crippen LogP contribution in [0.25, 0.3) is 0 Å². The number of carboxylic acids is 1. The van der Waals surface area contributed by atoms with Crippen LogP contribution < -0.4 is 10.6 Å². The number of nitrogens with two attached hydrogens (primary N) is 1. The fourth-order valence-electron chi connectivity index (χ4n) is 4.77. The van der Waals surface area contributed by atoms with Crippen LogP contribution in [0, 0.1) is 11.3 Å². The van der Waals surface area contributed by atoms with Crippen molar-refractivity contribution in [1.29, 1.82) is 0 Å². The highest BCUT2D eigenvalue weighted by atomic mass is 16.4. The van der Waals surface area contributed by atoms with E-state index < -0.39 is 29.4 Å². The van der Waals surface area contributed by atoms with Crippen LogP contribution in [0.3, 0.4) is 0 Å². The van der Waals surface area contributed by atoms with Gasteiger partial charge in [-0.3, -0.25) is 9.59 Å². The summed E-state index contributed by atoms with van der Waals surface area (Å²) in [5.41, 5.74) is 9.12. The molecule has 3 rings (SSSR count). The molecule has 0 unspecified atom stereocenters. The van der Waals surface area contributed by atoms with Gasteiger partial charge >= 0.3 is 5.97 Å². The van der Waals surface area contributed by atoms with Crippen LogP contribution in [0.2, 0.25) is 0 Å². The number of para-hydroxylation sites is 1. The molecule has 0 saturated heterocycles. The van der Waals surface area contributed by atoms with Crippen LogP contribution in [-0.2, 0) is 16.0 Å². The Morgan fingerprint density at radius 1 is 1.12 bits per heavy atom. The molecule has 1 amide bonds. The third-order valence-electron chi connectivity index (χ3n) is 6.65. The molecule has 6 heteroatoms. The van der Waals surface area contributed by atoms with Crippen LogP contribution in [0.1, 0.15) is 57.1 Å². The van der Waals surface area contributed by atoms with Gasteiger partial charge in [-0.2, -0.15) is 0 Å². The molecule has 0 radical (unpaired) electrons. The number of aliphatic hydroxyl groups is 1. The van der Waals surface area contributed by atoms with Gasteiger partial charge in [0.15, 0.2) is 0 Å². The normalized spacial score (nSPS) is 18.8. The lowest BCUT2D eigenvalue weighted by Crippen LogP contribution is -2.44. The molecule has 1 aliphatic heterocycles. The second-order valence-electron chi connectivity index (χ2n) is 10.2. The summed E-state index contributed by atoms with van der Waals surface area (Å²) in [4.78, 5) is 26.5. The van der Waals surface area contributed by atoms with Crippen molar-refractivity contribution >= 4 is 17.6 Å². The maximum atomic E-state index is 13.5. The number of hydrogen-bond donors (Lipinski definition) is 3. The van der Waals surface area contributed by atoms with Gasteiger partial charge in [0.2, 0.25) is 5.91 Å². The van der Waals surface area contributed by atoms with E-state index in [1.165, 1.54) is 11.1 Å². The zero-order chi connectivity index (χ0) is 24.2. The second kappa shape index (κ2) is 10.5. The number of hydrogen-bond acceptors (Lipinski definition) is 4. The van der Waals surface area contributed by atoms with Crippen molar-refractivity contribution in [2.24, 2.45) is 17.1 Å². The highest BCUT2D eigenvalue weighted by Gasteiger charge is 2.34. The molecule has 2 aromatic rings. The molecular weight excluding hydrogens is 416 g/mol. The van der Waals surface area contributed by atoms with Gasteiger partial charge in [0.25, 0.3) is 0 Å². The predicted molar refractivity (Wildman–Crippen MR) is 130 cm³/mol. The Labute approximate surface area is 196 Å². The zero-order valence-corrected chi connectivity index (χ0v) is 19.8. The summed E-state index contributed by atoms with van der Waals surface area (Å²) >= 11 is 0. The number of nitrogens with zero attached hydrogens (tertiary/aromatic N) is 1. The lowest BCUT2D eigenvalue weighted by atomic mass is 9.79. The number of carbonyl (C=O) groups excluding carboxylic acids is 1. The van der Waals surface area contributed by atoms with Crippen molar-refractivity contribution in [3.8, 4) is 0 Å². The Morgan fingerprint density at radius 3 is 2.42 bits per heavy atom. The average molecular weight is 453 g/mol. The third-order valence-corrected chi connectivity index (χ3v) is 6.65. The fraction of sp³-hybridized carbons (Fsp3) is 0.481. The van der Waals surface area contributed by atoms with Crippen molar-refractivity contribution in [3.05, 3.63) is 65.7 Å². The van der Waals surface area contributed by atoms with E-state index in [0.717, 1.165) is 12.1 Å². The first-order valence-corrected chi connectivity index (χ1v) is 11.7. The number of benzene rings is 2. The molecule has 1 aliphatic rings. The van der Waals surface area contributed by atoms with Crippen molar-refractivity contribution < 1.29 is 19.8 Å². The van der Waals surface area contributed by atoms with Crippen molar-refractivity contribution in [2.75, 3.05) is 11.4 Å². The van der Waals surface area contributed by atoms with Crippen molar-refractivity contribution in [2.45, 2.75) is 64.5 Å². The predicted octanol–water partition coefficient (Wildman–Crippen LogP) is 3.96. The molecule has 0 spiro atoms. The second-order valence-corrected chi connectivity index (χ2v) is 10.2. The maximum absolute atomic E-state index is 13.5. The highest BCUT2D eigenvalue weighted by molar-refractivity contribution is 5.95. The van der Waals surface area contributed by atoms with E-state index >= 15 is 0 Å². The van der Waals surface area contributed by atoms with Crippen LogP contribution in [-0.4, -0.2) is 40.8 Å². The van der Waals surface area contributed by atoms with Gasteiger partial charge in [-0.25, -0.2) is 0 Å². The number of carbonyl (C=O) groups is 2. The molecule has 2 aromatic carbocycles. The molecule has 0 aliphatic carbocycles. The van der Waals surface area contributed by atoms with E-state index in [1.54, 1.807) is 6.92 Å². The first-order chi connectivity index (χ1) is 15.6. The van der Waals surface area contributed by atoms with Crippen LogP contribution in [0.5, 0.6) is 0 Å².